The van der Waals surface area contributed by atoms with E-state index in [1.54, 1.807) is 0 Å². The van der Waals surface area contributed by atoms with Crippen LogP contribution < -0.4 is 10.6 Å². The fourth-order valence-corrected chi connectivity index (χ4v) is 3.04. The molecule has 1 aromatic heterocycles. The second kappa shape index (κ2) is 9.74. The highest BCUT2D eigenvalue weighted by molar-refractivity contribution is 7.13. The van der Waals surface area contributed by atoms with Crippen molar-refractivity contribution in [2.75, 3.05) is 26.0 Å². The van der Waals surface area contributed by atoms with Crippen molar-refractivity contribution >= 4 is 28.3 Å². The van der Waals surface area contributed by atoms with Gasteiger partial charge in [0.1, 0.15) is 0 Å². The highest BCUT2D eigenvalue weighted by atomic mass is 32.1. The summed E-state index contributed by atoms with van der Waals surface area (Å²) in [5.41, 5.74) is 0.685. The van der Waals surface area contributed by atoms with Gasteiger partial charge in [0, 0.05) is 23.9 Å². The fourth-order valence-electron chi connectivity index (χ4n) is 2.33. The molecule has 2 N–H and O–H groups in total. The lowest BCUT2D eigenvalue weighted by molar-refractivity contribution is -0.121. The van der Waals surface area contributed by atoms with Gasteiger partial charge in [-0.15, -0.1) is 11.3 Å². The number of nitrogens with one attached hydrogen (secondary N) is 2. The van der Waals surface area contributed by atoms with Gasteiger partial charge in [0.15, 0.2) is 5.13 Å². The maximum Gasteiger partial charge on any atom is 0.228 e. The number of thiazole rings is 1. The summed E-state index contributed by atoms with van der Waals surface area (Å²) in [5, 5.41) is 8.21. The molecular weight excluding hydrogens is 324 g/mol. The molecule has 0 aromatic carbocycles. The van der Waals surface area contributed by atoms with Crippen LogP contribution >= 0.6 is 11.3 Å². The highest BCUT2D eigenvalue weighted by Gasteiger charge is 2.17. The number of carbonyl (C=O) groups is 2. The summed E-state index contributed by atoms with van der Waals surface area (Å²) in [7, 11) is 4.01. The molecule has 0 bridgehead atoms. The van der Waals surface area contributed by atoms with Crippen molar-refractivity contribution in [3.8, 4) is 0 Å². The van der Waals surface area contributed by atoms with Crippen LogP contribution in [0.3, 0.4) is 0 Å². The van der Waals surface area contributed by atoms with E-state index < -0.39 is 0 Å². The smallest absolute Gasteiger partial charge is 0.228 e. The molecule has 136 valence electrons. The van der Waals surface area contributed by atoms with Crippen LogP contribution in [-0.4, -0.2) is 48.4 Å². The molecule has 0 aliphatic rings. The largest absolute Gasteiger partial charge is 0.352 e. The third kappa shape index (κ3) is 7.88. The van der Waals surface area contributed by atoms with Gasteiger partial charge in [0.05, 0.1) is 12.1 Å². The van der Waals surface area contributed by atoms with E-state index >= 15 is 0 Å². The minimum absolute atomic E-state index is 0.0328. The van der Waals surface area contributed by atoms with E-state index in [-0.39, 0.29) is 30.2 Å². The summed E-state index contributed by atoms with van der Waals surface area (Å²) in [6.45, 7) is 8.78. The van der Waals surface area contributed by atoms with Gasteiger partial charge in [-0.3, -0.25) is 9.59 Å². The van der Waals surface area contributed by atoms with E-state index in [2.05, 4.69) is 34.4 Å². The highest BCUT2D eigenvalue weighted by Crippen LogP contribution is 2.17. The molecule has 1 atom stereocenters. The zero-order chi connectivity index (χ0) is 18.3. The van der Waals surface area contributed by atoms with Gasteiger partial charge in [-0.25, -0.2) is 4.98 Å². The van der Waals surface area contributed by atoms with Crippen molar-refractivity contribution in [3.63, 3.8) is 0 Å². The number of hydrogen-bond acceptors (Lipinski definition) is 5. The zero-order valence-electron chi connectivity index (χ0n) is 15.5. The minimum atomic E-state index is -0.0940. The number of amides is 2. The maximum absolute atomic E-state index is 12.3. The molecule has 7 heteroatoms. The van der Waals surface area contributed by atoms with E-state index in [1.165, 1.54) is 11.3 Å². The Morgan fingerprint density at radius 1 is 1.25 bits per heavy atom. The summed E-state index contributed by atoms with van der Waals surface area (Å²) in [5.74, 6) is 0.328. The van der Waals surface area contributed by atoms with E-state index in [4.69, 9.17) is 0 Å². The first-order chi connectivity index (χ1) is 11.2. The van der Waals surface area contributed by atoms with Gasteiger partial charge in [-0.2, -0.15) is 0 Å². The SMILES string of the molecule is CC(C)CC(CN(C)C)NC(=O)Cc1csc(NC(=O)C(C)C)n1. The summed E-state index contributed by atoms with van der Waals surface area (Å²) >= 11 is 1.35. The first-order valence-electron chi connectivity index (χ1n) is 8.36. The van der Waals surface area contributed by atoms with Gasteiger partial charge in [0.2, 0.25) is 11.8 Å². The quantitative estimate of drug-likeness (QED) is 0.714. The van der Waals surface area contributed by atoms with Gasteiger partial charge >= 0.3 is 0 Å². The molecule has 0 fully saturated rings. The van der Waals surface area contributed by atoms with Crippen LogP contribution in [0.4, 0.5) is 5.13 Å². The molecule has 0 spiro atoms. The number of anilines is 1. The third-order valence-corrected chi connectivity index (χ3v) is 4.16. The van der Waals surface area contributed by atoms with Crippen LogP contribution in [0.5, 0.6) is 0 Å². The molecule has 0 saturated carbocycles. The molecule has 6 nitrogen and oxygen atoms in total. The second-order valence-electron chi connectivity index (χ2n) is 7.12. The average Bonchev–Trinajstić information content (AvgIpc) is 2.83. The number of rotatable bonds is 9. The number of nitrogens with zero attached hydrogens (tertiary/aromatic N) is 2. The Morgan fingerprint density at radius 3 is 2.46 bits per heavy atom. The first-order valence-corrected chi connectivity index (χ1v) is 9.24. The third-order valence-electron chi connectivity index (χ3n) is 3.35. The number of aromatic nitrogens is 1. The van der Waals surface area contributed by atoms with Crippen molar-refractivity contribution in [2.45, 2.75) is 46.6 Å². The lowest BCUT2D eigenvalue weighted by atomic mass is 10.0. The molecule has 1 heterocycles. The topological polar surface area (TPSA) is 74.3 Å². The van der Waals surface area contributed by atoms with E-state index in [0.29, 0.717) is 16.7 Å². The van der Waals surface area contributed by atoms with Crippen LogP contribution in [0.1, 0.15) is 39.8 Å². The Labute approximate surface area is 149 Å². The molecule has 1 unspecified atom stereocenters. The van der Waals surface area contributed by atoms with Gasteiger partial charge < -0.3 is 15.5 Å². The van der Waals surface area contributed by atoms with E-state index in [9.17, 15) is 9.59 Å². The predicted octanol–water partition coefficient (Wildman–Crippen LogP) is 2.37. The molecule has 1 rings (SSSR count). The summed E-state index contributed by atoms with van der Waals surface area (Å²) in [6, 6.07) is 0.131. The molecule has 24 heavy (non-hydrogen) atoms. The molecule has 0 saturated heterocycles. The van der Waals surface area contributed by atoms with Crippen LogP contribution in [-0.2, 0) is 16.0 Å². The monoisotopic (exact) mass is 354 g/mol. The lowest BCUT2D eigenvalue weighted by Crippen LogP contribution is -2.43. The summed E-state index contributed by atoms with van der Waals surface area (Å²) in [4.78, 5) is 30.3. The Hall–Kier alpha value is -1.47. The van der Waals surface area contributed by atoms with Crippen molar-refractivity contribution in [1.29, 1.82) is 0 Å². The van der Waals surface area contributed by atoms with Crippen molar-refractivity contribution < 1.29 is 9.59 Å². The zero-order valence-corrected chi connectivity index (χ0v) is 16.4. The molecule has 2 amide bonds. The lowest BCUT2D eigenvalue weighted by Gasteiger charge is -2.23. The number of carbonyl (C=O) groups excluding carboxylic acids is 2. The van der Waals surface area contributed by atoms with Crippen molar-refractivity contribution in [1.82, 2.24) is 15.2 Å². The van der Waals surface area contributed by atoms with Gasteiger partial charge in [0.25, 0.3) is 0 Å². The second-order valence-corrected chi connectivity index (χ2v) is 7.98. The number of likely N-dealkylation sites (N-methyl/N-ethyl adjacent to an activating group) is 1. The normalized spacial score (nSPS) is 12.7. The van der Waals surface area contributed by atoms with Crippen LogP contribution in [0, 0.1) is 11.8 Å². The van der Waals surface area contributed by atoms with E-state index in [1.807, 2.05) is 33.3 Å². The molecule has 0 aliphatic heterocycles. The molecule has 0 radical (unpaired) electrons. The first kappa shape index (κ1) is 20.6. The van der Waals surface area contributed by atoms with Crippen LogP contribution in [0.15, 0.2) is 5.38 Å². The van der Waals surface area contributed by atoms with Crippen molar-refractivity contribution in [2.24, 2.45) is 11.8 Å². The number of hydrogen-bond donors (Lipinski definition) is 2. The Kier molecular flexibility index (Phi) is 8.35. The van der Waals surface area contributed by atoms with Crippen LogP contribution in [0.25, 0.3) is 0 Å². The van der Waals surface area contributed by atoms with Crippen LogP contribution in [0.2, 0.25) is 0 Å². The Morgan fingerprint density at radius 2 is 1.92 bits per heavy atom. The van der Waals surface area contributed by atoms with E-state index in [0.717, 1.165) is 13.0 Å². The van der Waals surface area contributed by atoms with Crippen molar-refractivity contribution in [3.05, 3.63) is 11.1 Å². The minimum Gasteiger partial charge on any atom is -0.352 e. The predicted molar refractivity (Wildman–Crippen MR) is 99.2 cm³/mol. The fraction of sp³-hybridized carbons (Fsp3) is 0.706. The molecule has 0 aliphatic carbocycles. The standard InChI is InChI=1S/C17H30N4O2S/c1-11(2)7-13(9-21(5)6)18-15(22)8-14-10-24-17(19-14)20-16(23)12(3)4/h10-13H,7-9H2,1-6H3,(H,18,22)(H,19,20,23). The Balaban J connectivity index is 2.57. The Bertz CT molecular complexity index is 530. The van der Waals surface area contributed by atoms with Gasteiger partial charge in [-0.05, 0) is 26.4 Å². The average molecular weight is 355 g/mol. The van der Waals surface area contributed by atoms with Gasteiger partial charge in [-0.1, -0.05) is 27.7 Å². The maximum atomic E-state index is 12.3. The molecule has 1 aromatic rings. The summed E-state index contributed by atoms with van der Waals surface area (Å²) in [6.07, 6.45) is 1.17. The summed E-state index contributed by atoms with van der Waals surface area (Å²) < 4.78 is 0. The molecular formula is C17H30N4O2S.